The number of benzene rings is 2. The Labute approximate surface area is 172 Å². The molecule has 2 aromatic rings. The van der Waals surface area contributed by atoms with Crippen LogP contribution in [0.2, 0.25) is 5.04 Å². The molecule has 0 aliphatic rings. The normalized spacial score (nSPS) is 14.5. The lowest BCUT2D eigenvalue weighted by Crippen LogP contribution is -2.66. The zero-order valence-electron chi connectivity index (χ0n) is 17.9. The van der Waals surface area contributed by atoms with Gasteiger partial charge in [0.15, 0.2) is 0 Å². The van der Waals surface area contributed by atoms with Gasteiger partial charge in [0.25, 0.3) is 8.32 Å². The average Bonchev–Trinajstić information content (AvgIpc) is 2.69. The van der Waals surface area contributed by atoms with Crippen LogP contribution in [-0.4, -0.2) is 26.6 Å². The van der Waals surface area contributed by atoms with E-state index in [2.05, 4.69) is 94.9 Å². The van der Waals surface area contributed by atoms with Gasteiger partial charge in [0.05, 0.1) is 0 Å². The lowest BCUT2D eigenvalue weighted by atomic mass is 9.83. The van der Waals surface area contributed by atoms with E-state index in [1.54, 1.807) is 0 Å². The third-order valence-corrected chi connectivity index (χ3v) is 10.8. The molecule has 2 aromatic carbocycles. The van der Waals surface area contributed by atoms with Gasteiger partial charge < -0.3 is 9.53 Å². The van der Waals surface area contributed by atoms with E-state index in [-0.39, 0.29) is 17.1 Å². The molecule has 1 atom stereocenters. The molecular weight excluding hydrogens is 360 g/mol. The molecule has 1 N–H and O–H groups in total. The van der Waals surface area contributed by atoms with Crippen molar-refractivity contribution in [2.45, 2.75) is 52.0 Å². The highest BCUT2D eigenvalue weighted by atomic mass is 28.4. The third-order valence-electron chi connectivity index (χ3n) is 5.80. The summed E-state index contributed by atoms with van der Waals surface area (Å²) in [7, 11) is -2.45. The Hall–Kier alpha value is -1.68. The van der Waals surface area contributed by atoms with Gasteiger partial charge in [-0.3, -0.25) is 0 Å². The first-order chi connectivity index (χ1) is 13.3. The summed E-state index contributed by atoms with van der Waals surface area (Å²) in [4.78, 5) is 0. The quantitative estimate of drug-likeness (QED) is 0.351. The number of hydrogen-bond donors (Lipinski definition) is 1. The first-order valence-corrected chi connectivity index (χ1v) is 12.2. The summed E-state index contributed by atoms with van der Waals surface area (Å²) in [6.07, 6.45) is 4.64. The van der Waals surface area contributed by atoms with Crippen LogP contribution in [-0.2, 0) is 4.43 Å². The third kappa shape index (κ3) is 5.02. The maximum Gasteiger partial charge on any atom is 0.261 e. The topological polar surface area (TPSA) is 29.5 Å². The van der Waals surface area contributed by atoms with Gasteiger partial charge in [0.1, 0.15) is 0 Å². The molecule has 0 bridgehead atoms. The predicted octanol–water partition coefficient (Wildman–Crippen LogP) is 4.92. The minimum atomic E-state index is -2.45. The Morgan fingerprint density at radius 3 is 1.79 bits per heavy atom. The number of rotatable bonds is 10. The highest BCUT2D eigenvalue weighted by Crippen LogP contribution is 2.37. The second-order valence-electron chi connectivity index (χ2n) is 8.95. The van der Waals surface area contributed by atoms with Crippen LogP contribution in [0.4, 0.5) is 0 Å². The van der Waals surface area contributed by atoms with E-state index in [9.17, 15) is 5.11 Å². The molecule has 28 heavy (non-hydrogen) atoms. The molecule has 0 unspecified atom stereocenters. The molecule has 0 heterocycles. The van der Waals surface area contributed by atoms with E-state index in [4.69, 9.17) is 4.43 Å². The van der Waals surface area contributed by atoms with Crippen LogP contribution >= 0.6 is 0 Å². The lowest BCUT2D eigenvalue weighted by molar-refractivity contribution is 0.206. The van der Waals surface area contributed by atoms with Gasteiger partial charge in [-0.1, -0.05) is 94.4 Å². The first-order valence-electron chi connectivity index (χ1n) is 10.3. The van der Waals surface area contributed by atoms with Crippen molar-refractivity contribution in [3.63, 3.8) is 0 Å². The maximum absolute atomic E-state index is 9.35. The van der Waals surface area contributed by atoms with Crippen molar-refractivity contribution in [3.05, 3.63) is 73.3 Å². The number of hydrogen-bond acceptors (Lipinski definition) is 2. The van der Waals surface area contributed by atoms with Crippen molar-refractivity contribution >= 4 is 18.7 Å². The molecular formula is C25H36O2Si. The molecule has 2 nitrogen and oxygen atoms in total. The van der Waals surface area contributed by atoms with E-state index in [1.807, 2.05) is 6.08 Å². The second-order valence-corrected chi connectivity index (χ2v) is 13.3. The smallest absolute Gasteiger partial charge is 0.261 e. The van der Waals surface area contributed by atoms with Gasteiger partial charge in [-0.05, 0) is 40.1 Å². The molecule has 3 heteroatoms. The minimum Gasteiger partial charge on any atom is -0.407 e. The van der Waals surface area contributed by atoms with Gasteiger partial charge >= 0.3 is 0 Å². The Morgan fingerprint density at radius 1 is 0.893 bits per heavy atom. The largest absolute Gasteiger partial charge is 0.407 e. The van der Waals surface area contributed by atoms with Crippen molar-refractivity contribution in [2.75, 3.05) is 13.2 Å². The van der Waals surface area contributed by atoms with Crippen LogP contribution in [0.5, 0.6) is 0 Å². The van der Waals surface area contributed by atoms with Crippen molar-refractivity contribution in [1.29, 1.82) is 0 Å². The standard InChI is InChI=1S/C25H36O2Si/c1-6-25(5,19-20-26)18-13-21-27-28(24(2,3)4,22-14-9-7-10-15-22)23-16-11-8-12-17-23/h6-12,14-17,26H,1,13,18-21H2,2-5H3/t25-/m1/s1. The number of aliphatic hydroxyl groups is 1. The summed E-state index contributed by atoms with van der Waals surface area (Å²) in [5.41, 5.74) is -0.0381. The molecule has 0 aliphatic heterocycles. The summed E-state index contributed by atoms with van der Waals surface area (Å²) in [5, 5.41) is 12.0. The number of aliphatic hydroxyl groups excluding tert-OH is 1. The Balaban J connectivity index is 2.33. The molecule has 2 rings (SSSR count). The molecule has 152 valence electrons. The fourth-order valence-electron chi connectivity index (χ4n) is 4.05. The van der Waals surface area contributed by atoms with Crippen LogP contribution in [0.15, 0.2) is 73.3 Å². The Bertz CT molecular complexity index is 682. The van der Waals surface area contributed by atoms with Crippen LogP contribution in [0.1, 0.15) is 47.0 Å². The van der Waals surface area contributed by atoms with Gasteiger partial charge in [0, 0.05) is 13.2 Å². The van der Waals surface area contributed by atoms with Crippen molar-refractivity contribution in [3.8, 4) is 0 Å². The molecule has 0 saturated heterocycles. The van der Waals surface area contributed by atoms with Gasteiger partial charge in [-0.25, -0.2) is 0 Å². The van der Waals surface area contributed by atoms with E-state index >= 15 is 0 Å². The zero-order chi connectivity index (χ0) is 20.7. The molecule has 0 aliphatic carbocycles. The Kier molecular flexibility index (Phi) is 7.82. The lowest BCUT2D eigenvalue weighted by Gasteiger charge is -2.43. The molecule has 0 radical (unpaired) electrons. The van der Waals surface area contributed by atoms with Gasteiger partial charge in [-0.2, -0.15) is 0 Å². The summed E-state index contributed by atoms with van der Waals surface area (Å²) in [6, 6.07) is 21.5. The fraction of sp³-hybridized carbons (Fsp3) is 0.440. The fourth-order valence-corrected chi connectivity index (χ4v) is 8.65. The summed E-state index contributed by atoms with van der Waals surface area (Å²) in [6.45, 7) is 14.0. The van der Waals surface area contributed by atoms with Crippen molar-refractivity contribution in [1.82, 2.24) is 0 Å². The molecule has 0 fully saturated rings. The molecule has 0 amide bonds. The second kappa shape index (κ2) is 9.68. The summed E-state index contributed by atoms with van der Waals surface area (Å²) < 4.78 is 6.93. The minimum absolute atomic E-state index is 0.00253. The van der Waals surface area contributed by atoms with Crippen LogP contribution in [0.25, 0.3) is 0 Å². The average molecular weight is 397 g/mol. The zero-order valence-corrected chi connectivity index (χ0v) is 18.9. The highest BCUT2D eigenvalue weighted by molar-refractivity contribution is 6.99. The van der Waals surface area contributed by atoms with Crippen LogP contribution in [0, 0.1) is 5.41 Å². The molecule has 0 spiro atoms. The highest BCUT2D eigenvalue weighted by Gasteiger charge is 2.49. The van der Waals surface area contributed by atoms with E-state index in [0.29, 0.717) is 6.61 Å². The summed E-state index contributed by atoms with van der Waals surface area (Å²) in [5.74, 6) is 0. The van der Waals surface area contributed by atoms with Gasteiger partial charge in [-0.15, -0.1) is 6.58 Å². The van der Waals surface area contributed by atoms with Gasteiger partial charge in [0.2, 0.25) is 0 Å². The predicted molar refractivity (Wildman–Crippen MR) is 123 cm³/mol. The monoisotopic (exact) mass is 396 g/mol. The number of allylic oxidation sites excluding steroid dienone is 1. The molecule has 0 aromatic heterocycles. The van der Waals surface area contributed by atoms with Crippen LogP contribution < -0.4 is 10.4 Å². The first kappa shape index (κ1) is 22.6. The van der Waals surface area contributed by atoms with E-state index in [1.165, 1.54) is 10.4 Å². The van der Waals surface area contributed by atoms with E-state index in [0.717, 1.165) is 19.3 Å². The van der Waals surface area contributed by atoms with E-state index < -0.39 is 8.32 Å². The van der Waals surface area contributed by atoms with Crippen molar-refractivity contribution in [2.24, 2.45) is 5.41 Å². The summed E-state index contributed by atoms with van der Waals surface area (Å²) >= 11 is 0. The molecule has 0 saturated carbocycles. The maximum atomic E-state index is 9.35. The Morgan fingerprint density at radius 2 is 1.39 bits per heavy atom. The van der Waals surface area contributed by atoms with Crippen LogP contribution in [0.3, 0.4) is 0 Å². The SMILES string of the molecule is C=C[C@@](C)(CCO)CCCO[Si](c1ccccc1)(c1ccccc1)C(C)(C)C. The van der Waals surface area contributed by atoms with Crippen molar-refractivity contribution < 1.29 is 9.53 Å².